The minimum absolute atomic E-state index is 0.156. The number of nitrogens with zero attached hydrogens (tertiary/aromatic N) is 7. The number of aliphatic hydroxyl groups is 2. The first-order valence-electron chi connectivity index (χ1n) is 14.1. The summed E-state index contributed by atoms with van der Waals surface area (Å²) in [6, 6.07) is 2.47. The molecule has 1 aliphatic carbocycles. The van der Waals surface area contributed by atoms with Crippen molar-refractivity contribution in [1.82, 2.24) is 19.9 Å². The van der Waals surface area contributed by atoms with Gasteiger partial charge in [0.05, 0.1) is 22.8 Å². The summed E-state index contributed by atoms with van der Waals surface area (Å²) in [5.74, 6) is 0.788. The summed E-state index contributed by atoms with van der Waals surface area (Å²) in [4.78, 5) is 21.3. The maximum atomic E-state index is 14.3. The number of β-amino-alcohol motifs (C(OH)–C–C–N with tert-alkyl or cyclic N) is 2. The Morgan fingerprint density at radius 2 is 1.93 bits per heavy atom. The normalized spacial score (nSPS) is 32.7. The highest BCUT2D eigenvalue weighted by Crippen LogP contribution is 2.52. The fourth-order valence-electron chi connectivity index (χ4n) is 7.81. The number of aromatic nitrogens is 3. The van der Waals surface area contributed by atoms with Crippen LogP contribution in [-0.4, -0.2) is 99.4 Å². The van der Waals surface area contributed by atoms with E-state index in [9.17, 15) is 19.9 Å². The molecule has 214 valence electrons. The second kappa shape index (κ2) is 9.11. The van der Waals surface area contributed by atoms with Gasteiger partial charge in [0.1, 0.15) is 23.8 Å². The van der Waals surface area contributed by atoms with Crippen LogP contribution in [0.5, 0.6) is 6.01 Å². The zero-order chi connectivity index (χ0) is 27.9. The van der Waals surface area contributed by atoms with E-state index in [4.69, 9.17) is 15.5 Å². The van der Waals surface area contributed by atoms with E-state index in [1.807, 2.05) is 0 Å². The summed E-state index contributed by atoms with van der Waals surface area (Å²) in [6.07, 6.45) is 2.88. The van der Waals surface area contributed by atoms with Gasteiger partial charge in [0.25, 0.3) is 0 Å². The molecule has 13 heteroatoms. The zero-order valence-corrected chi connectivity index (χ0v) is 23.5. The number of hydrogen-bond donors (Lipinski definition) is 3. The minimum Gasteiger partial charge on any atom is -0.461 e. The van der Waals surface area contributed by atoms with Crippen molar-refractivity contribution in [2.75, 3.05) is 61.4 Å². The largest absolute Gasteiger partial charge is 0.461 e. The molecule has 4 fully saturated rings. The molecule has 2 aromatic heterocycles. The molecule has 11 nitrogen and oxygen atoms in total. The summed E-state index contributed by atoms with van der Waals surface area (Å²) in [6.45, 7) is 5.14. The van der Waals surface area contributed by atoms with Gasteiger partial charge in [0.2, 0.25) is 11.9 Å². The van der Waals surface area contributed by atoms with E-state index in [1.54, 1.807) is 11.8 Å². The van der Waals surface area contributed by atoms with Crippen LogP contribution in [-0.2, 0) is 11.8 Å². The van der Waals surface area contributed by atoms with Crippen LogP contribution in [0.4, 0.5) is 21.3 Å². The lowest BCUT2D eigenvalue weighted by Gasteiger charge is -2.48. The van der Waals surface area contributed by atoms with Crippen LogP contribution in [0.15, 0.2) is 0 Å². The fourth-order valence-corrected chi connectivity index (χ4v) is 8.95. The van der Waals surface area contributed by atoms with Crippen LogP contribution in [0.3, 0.4) is 0 Å². The number of nitriles is 1. The molecule has 4 aliphatic heterocycles. The third-order valence-corrected chi connectivity index (χ3v) is 10.6. The SMILES string of the molecule is C[C@]1(O)C[C@@H](O)CN(c2nc(OC[C@@]34CCCN3C[C@H](F)C4)nc(N3CC4(CCc5sc(N)c(C#N)c54)C3)n2)C1. The van der Waals surface area contributed by atoms with Crippen LogP contribution in [0, 0.1) is 11.3 Å². The maximum Gasteiger partial charge on any atom is 0.323 e. The molecule has 0 amide bonds. The Balaban J connectivity index is 1.18. The van der Waals surface area contributed by atoms with Crippen LogP contribution >= 0.6 is 11.3 Å². The number of piperidine rings is 1. The summed E-state index contributed by atoms with van der Waals surface area (Å²) in [5, 5.41) is 31.5. The molecular formula is C27H35FN8O3S. The van der Waals surface area contributed by atoms with E-state index in [-0.39, 0.29) is 36.5 Å². The van der Waals surface area contributed by atoms with Crippen molar-refractivity contribution in [1.29, 1.82) is 5.26 Å². The van der Waals surface area contributed by atoms with Crippen molar-refractivity contribution in [2.24, 2.45) is 0 Å². The van der Waals surface area contributed by atoms with Crippen LogP contribution in [0.2, 0.25) is 0 Å². The third kappa shape index (κ3) is 4.19. The number of nitrogens with two attached hydrogens (primary N) is 1. The van der Waals surface area contributed by atoms with Gasteiger partial charge >= 0.3 is 6.01 Å². The zero-order valence-electron chi connectivity index (χ0n) is 22.6. The minimum atomic E-state index is -1.09. The van der Waals surface area contributed by atoms with Crippen LogP contribution < -0.4 is 20.3 Å². The number of alkyl halides is 1. The van der Waals surface area contributed by atoms with Gasteiger partial charge in [0.15, 0.2) is 0 Å². The lowest BCUT2D eigenvalue weighted by Crippen LogP contribution is -2.59. The van der Waals surface area contributed by atoms with Gasteiger partial charge in [-0.2, -0.15) is 20.2 Å². The molecule has 4 N–H and O–H groups in total. The first-order chi connectivity index (χ1) is 19.1. The molecule has 0 bridgehead atoms. The summed E-state index contributed by atoms with van der Waals surface area (Å²) in [5.41, 5.74) is 6.24. The predicted octanol–water partition coefficient (Wildman–Crippen LogP) is 1.37. The number of ether oxygens (including phenoxy) is 1. The number of thiophene rings is 1. The first kappa shape index (κ1) is 26.1. The van der Waals surface area contributed by atoms with E-state index in [0.717, 1.165) is 37.8 Å². The van der Waals surface area contributed by atoms with Gasteiger partial charge in [-0.05, 0) is 44.7 Å². The number of hydrogen-bond acceptors (Lipinski definition) is 12. The van der Waals surface area contributed by atoms with Crippen LogP contribution in [0.1, 0.15) is 55.0 Å². The van der Waals surface area contributed by atoms with E-state index < -0.39 is 17.9 Å². The molecule has 0 unspecified atom stereocenters. The Morgan fingerprint density at radius 1 is 1.15 bits per heavy atom. The van der Waals surface area contributed by atoms with Crippen molar-refractivity contribution < 1.29 is 19.3 Å². The Hall–Kier alpha value is -2.79. The van der Waals surface area contributed by atoms with E-state index in [1.165, 1.54) is 16.2 Å². The number of nitrogen functional groups attached to an aromatic ring is 1. The number of aryl methyl sites for hydroxylation is 1. The van der Waals surface area contributed by atoms with Crippen molar-refractivity contribution in [3.63, 3.8) is 0 Å². The highest BCUT2D eigenvalue weighted by molar-refractivity contribution is 7.16. The van der Waals surface area contributed by atoms with E-state index >= 15 is 0 Å². The number of rotatable bonds is 5. The topological polar surface area (TPSA) is 148 Å². The monoisotopic (exact) mass is 570 g/mol. The Morgan fingerprint density at radius 3 is 2.67 bits per heavy atom. The molecule has 0 radical (unpaired) electrons. The average molecular weight is 571 g/mol. The fraction of sp³-hybridized carbons (Fsp3) is 0.704. The smallest absolute Gasteiger partial charge is 0.323 e. The second-order valence-corrected chi connectivity index (χ2v) is 13.8. The molecule has 4 saturated heterocycles. The number of anilines is 3. The lowest BCUT2D eigenvalue weighted by atomic mass is 9.74. The molecule has 0 aromatic carbocycles. The van der Waals surface area contributed by atoms with Crippen molar-refractivity contribution in [2.45, 2.75) is 74.3 Å². The van der Waals surface area contributed by atoms with Gasteiger partial charge in [-0.25, -0.2) is 4.39 Å². The van der Waals surface area contributed by atoms with Gasteiger partial charge in [-0.1, -0.05) is 0 Å². The summed E-state index contributed by atoms with van der Waals surface area (Å²) in [7, 11) is 0. The number of fused-ring (bicyclic) bond motifs is 3. The summed E-state index contributed by atoms with van der Waals surface area (Å²) >= 11 is 1.52. The van der Waals surface area contributed by atoms with Gasteiger partial charge < -0.3 is 30.5 Å². The second-order valence-electron chi connectivity index (χ2n) is 12.7. The van der Waals surface area contributed by atoms with Gasteiger partial charge in [-0.15, -0.1) is 11.3 Å². The Bertz CT molecular complexity index is 1370. The molecule has 6 heterocycles. The van der Waals surface area contributed by atoms with E-state index in [0.29, 0.717) is 55.1 Å². The molecule has 4 atom stereocenters. The molecular weight excluding hydrogens is 535 g/mol. The van der Waals surface area contributed by atoms with Gasteiger partial charge in [0, 0.05) is 55.9 Å². The van der Waals surface area contributed by atoms with Crippen LogP contribution in [0.25, 0.3) is 0 Å². The Labute approximate surface area is 236 Å². The molecule has 2 aromatic rings. The summed E-state index contributed by atoms with van der Waals surface area (Å²) < 4.78 is 20.6. The first-order valence-corrected chi connectivity index (χ1v) is 14.9. The van der Waals surface area contributed by atoms with Crippen molar-refractivity contribution >= 4 is 28.2 Å². The standard InChI is InChI=1S/C27H35FN8O3S/c1-25(38)8-17(37)11-34(12-25)22-31-23(33-24(32-22)39-15-27-4-2-6-36(27)10-16(28)7-27)35-13-26(14-35)5-3-19-20(26)18(9-29)21(30)40-19/h16-17,37-38H,2-8,10-15,30H2,1H3/t16-,17-,25+,27+/m1/s1. The van der Waals surface area contributed by atoms with E-state index in [2.05, 4.69) is 25.8 Å². The number of aliphatic hydroxyl groups excluding tert-OH is 1. The maximum absolute atomic E-state index is 14.3. The molecule has 5 aliphatic rings. The average Bonchev–Trinajstić information content (AvgIpc) is 3.58. The van der Waals surface area contributed by atoms with Crippen molar-refractivity contribution in [3.05, 3.63) is 16.0 Å². The highest BCUT2D eigenvalue weighted by Gasteiger charge is 2.53. The molecule has 40 heavy (non-hydrogen) atoms. The Kier molecular flexibility index (Phi) is 5.95. The number of halogens is 1. The lowest BCUT2D eigenvalue weighted by molar-refractivity contribution is -0.00843. The molecule has 1 spiro atoms. The third-order valence-electron chi connectivity index (χ3n) is 9.49. The van der Waals surface area contributed by atoms with Gasteiger partial charge in [-0.3, -0.25) is 4.90 Å². The quantitative estimate of drug-likeness (QED) is 0.479. The molecule has 0 saturated carbocycles. The predicted molar refractivity (Wildman–Crippen MR) is 147 cm³/mol. The molecule has 7 rings (SSSR count). The van der Waals surface area contributed by atoms with Crippen molar-refractivity contribution in [3.8, 4) is 12.1 Å². The highest BCUT2D eigenvalue weighted by atomic mass is 32.1.